The summed E-state index contributed by atoms with van der Waals surface area (Å²) in [6, 6.07) is 18.9. The van der Waals surface area contributed by atoms with E-state index >= 15 is 0 Å². The summed E-state index contributed by atoms with van der Waals surface area (Å²) < 4.78 is 16.3. The lowest BCUT2D eigenvalue weighted by molar-refractivity contribution is -0.385. The minimum atomic E-state index is -0.497. The summed E-state index contributed by atoms with van der Waals surface area (Å²) in [6.07, 6.45) is 1.49. The number of nitrogens with one attached hydrogen (secondary N) is 1. The predicted octanol–water partition coefficient (Wildman–Crippen LogP) is 4.72. The number of aryl methyl sites for hydroxylation is 1. The second kappa shape index (κ2) is 12.0. The number of carbonyl (C=O) groups excluding carboxylic acids is 1. The monoisotopic (exact) mass is 487 g/mol. The third-order valence-corrected chi connectivity index (χ3v) is 5.35. The fraction of sp³-hybridized carbons (Fsp3) is 0.185. The lowest BCUT2D eigenvalue weighted by Gasteiger charge is -2.12. The van der Waals surface area contributed by atoms with Crippen molar-refractivity contribution in [1.29, 1.82) is 5.26 Å². The molecular formula is C27H25N3O6. The number of rotatable bonds is 10. The molecule has 0 fully saturated rings. The molecule has 9 heteroatoms. The van der Waals surface area contributed by atoms with Crippen molar-refractivity contribution in [1.82, 2.24) is 5.32 Å². The SMILES string of the molecule is COc1ccc(CNC(=O)/C(C#N)=C/c2ccc(OC)c(COc3ccc([N+](=O)[O-])c(C)c3)c2)cc1. The van der Waals surface area contributed by atoms with Crippen molar-refractivity contribution < 1.29 is 23.9 Å². The van der Waals surface area contributed by atoms with E-state index in [-0.39, 0.29) is 24.4 Å². The second-order valence-corrected chi connectivity index (χ2v) is 7.77. The molecule has 0 aliphatic rings. The van der Waals surface area contributed by atoms with E-state index < -0.39 is 10.8 Å². The maximum absolute atomic E-state index is 12.6. The van der Waals surface area contributed by atoms with Crippen LogP contribution in [0.1, 0.15) is 22.3 Å². The second-order valence-electron chi connectivity index (χ2n) is 7.77. The van der Waals surface area contributed by atoms with E-state index in [1.807, 2.05) is 18.2 Å². The third-order valence-electron chi connectivity index (χ3n) is 5.35. The van der Waals surface area contributed by atoms with E-state index in [2.05, 4.69) is 5.32 Å². The fourth-order valence-corrected chi connectivity index (χ4v) is 3.42. The summed E-state index contributed by atoms with van der Waals surface area (Å²) in [5, 5.41) is 23.3. The maximum Gasteiger partial charge on any atom is 0.272 e. The zero-order valence-electron chi connectivity index (χ0n) is 20.1. The van der Waals surface area contributed by atoms with Crippen molar-refractivity contribution in [2.24, 2.45) is 0 Å². The van der Waals surface area contributed by atoms with Gasteiger partial charge in [-0.1, -0.05) is 18.2 Å². The number of nitro benzene ring substituents is 1. The number of nitro groups is 1. The normalized spacial score (nSPS) is 10.8. The largest absolute Gasteiger partial charge is 0.497 e. The van der Waals surface area contributed by atoms with Crippen molar-refractivity contribution in [2.75, 3.05) is 14.2 Å². The minimum Gasteiger partial charge on any atom is -0.497 e. The molecule has 3 aromatic rings. The van der Waals surface area contributed by atoms with Gasteiger partial charge >= 0.3 is 0 Å². The van der Waals surface area contributed by atoms with E-state index in [1.165, 1.54) is 25.3 Å². The number of carbonyl (C=O) groups is 1. The molecule has 0 atom stereocenters. The summed E-state index contributed by atoms with van der Waals surface area (Å²) >= 11 is 0. The zero-order chi connectivity index (χ0) is 26.1. The van der Waals surface area contributed by atoms with Gasteiger partial charge in [0.1, 0.15) is 35.5 Å². The highest BCUT2D eigenvalue weighted by Gasteiger charge is 2.13. The van der Waals surface area contributed by atoms with Crippen LogP contribution < -0.4 is 19.5 Å². The Labute approximate surface area is 208 Å². The molecule has 9 nitrogen and oxygen atoms in total. The van der Waals surface area contributed by atoms with Gasteiger partial charge in [0.2, 0.25) is 0 Å². The lowest BCUT2D eigenvalue weighted by atomic mass is 10.1. The lowest BCUT2D eigenvalue weighted by Crippen LogP contribution is -2.23. The van der Waals surface area contributed by atoms with Gasteiger partial charge in [0.15, 0.2) is 0 Å². The van der Waals surface area contributed by atoms with Gasteiger partial charge in [-0.25, -0.2) is 0 Å². The van der Waals surface area contributed by atoms with Crippen LogP contribution in [-0.4, -0.2) is 25.1 Å². The number of methoxy groups -OCH3 is 2. The van der Waals surface area contributed by atoms with Gasteiger partial charge in [-0.2, -0.15) is 5.26 Å². The van der Waals surface area contributed by atoms with Crippen molar-refractivity contribution in [3.05, 3.63) is 98.6 Å². The predicted molar refractivity (Wildman–Crippen MR) is 134 cm³/mol. The molecule has 1 amide bonds. The molecule has 3 rings (SSSR count). The van der Waals surface area contributed by atoms with Crippen molar-refractivity contribution in [3.63, 3.8) is 0 Å². The summed E-state index contributed by atoms with van der Waals surface area (Å²) in [6.45, 7) is 2.02. The smallest absolute Gasteiger partial charge is 0.272 e. The highest BCUT2D eigenvalue weighted by atomic mass is 16.6. The topological polar surface area (TPSA) is 124 Å². The number of hydrogen-bond acceptors (Lipinski definition) is 7. The first-order valence-electron chi connectivity index (χ1n) is 10.9. The van der Waals surface area contributed by atoms with Crippen LogP contribution in [0.25, 0.3) is 6.08 Å². The third kappa shape index (κ3) is 6.61. The Bertz CT molecular complexity index is 1330. The Hall–Kier alpha value is -4.84. The number of benzene rings is 3. The van der Waals surface area contributed by atoms with Gasteiger partial charge in [0.05, 0.1) is 19.1 Å². The van der Waals surface area contributed by atoms with Gasteiger partial charge < -0.3 is 19.5 Å². The summed E-state index contributed by atoms with van der Waals surface area (Å²) in [5.41, 5.74) is 2.61. The molecule has 0 unspecified atom stereocenters. The molecule has 0 bridgehead atoms. The molecule has 0 saturated carbocycles. The van der Waals surface area contributed by atoms with Crippen LogP contribution in [-0.2, 0) is 17.9 Å². The molecule has 0 spiro atoms. The van der Waals surface area contributed by atoms with Gasteiger partial charge in [0.25, 0.3) is 11.6 Å². The fourth-order valence-electron chi connectivity index (χ4n) is 3.42. The molecule has 0 aromatic heterocycles. The van der Waals surface area contributed by atoms with Crippen LogP contribution in [0.15, 0.2) is 66.2 Å². The average Bonchev–Trinajstić information content (AvgIpc) is 2.89. The highest BCUT2D eigenvalue weighted by molar-refractivity contribution is 6.01. The van der Waals surface area contributed by atoms with Crippen molar-refractivity contribution in [2.45, 2.75) is 20.1 Å². The quantitative estimate of drug-likeness (QED) is 0.190. The highest BCUT2D eigenvalue weighted by Crippen LogP contribution is 2.26. The molecule has 1 N–H and O–H groups in total. The Balaban J connectivity index is 1.72. The molecule has 3 aromatic carbocycles. The molecular weight excluding hydrogens is 462 g/mol. The van der Waals surface area contributed by atoms with Crippen molar-refractivity contribution >= 4 is 17.7 Å². The van der Waals surface area contributed by atoms with Crippen LogP contribution in [0.3, 0.4) is 0 Å². The van der Waals surface area contributed by atoms with Crippen LogP contribution in [0.4, 0.5) is 5.69 Å². The van der Waals surface area contributed by atoms with Crippen LogP contribution in [0.5, 0.6) is 17.2 Å². The van der Waals surface area contributed by atoms with Gasteiger partial charge in [-0.15, -0.1) is 0 Å². The molecule has 0 heterocycles. The number of hydrogen-bond donors (Lipinski definition) is 1. The maximum atomic E-state index is 12.6. The Morgan fingerprint density at radius 1 is 1.06 bits per heavy atom. The van der Waals surface area contributed by atoms with Crippen LogP contribution >= 0.6 is 0 Å². The Morgan fingerprint density at radius 3 is 2.39 bits per heavy atom. The first kappa shape index (κ1) is 25.8. The van der Waals surface area contributed by atoms with Gasteiger partial charge in [0, 0.05) is 23.7 Å². The van der Waals surface area contributed by atoms with Crippen LogP contribution in [0, 0.1) is 28.4 Å². The van der Waals surface area contributed by atoms with Crippen molar-refractivity contribution in [3.8, 4) is 23.3 Å². The molecule has 184 valence electrons. The van der Waals surface area contributed by atoms with E-state index in [4.69, 9.17) is 14.2 Å². The average molecular weight is 488 g/mol. The van der Waals surface area contributed by atoms with E-state index in [1.54, 1.807) is 50.4 Å². The van der Waals surface area contributed by atoms with Crippen LogP contribution in [0.2, 0.25) is 0 Å². The molecule has 0 aliphatic carbocycles. The molecule has 0 radical (unpaired) electrons. The Morgan fingerprint density at radius 2 is 1.78 bits per heavy atom. The van der Waals surface area contributed by atoms with E-state index in [0.29, 0.717) is 33.9 Å². The first-order valence-corrected chi connectivity index (χ1v) is 10.9. The molecule has 0 aliphatic heterocycles. The summed E-state index contributed by atoms with van der Waals surface area (Å²) in [7, 11) is 3.10. The minimum absolute atomic E-state index is 0.0152. The Kier molecular flexibility index (Phi) is 8.62. The standard InChI is InChI=1S/C27H25N3O6/c1-18-12-24(9-10-25(18)30(32)33)36-17-22-14-20(6-11-26(22)35-3)13-21(15-28)27(31)29-16-19-4-7-23(34-2)8-5-19/h4-14H,16-17H2,1-3H3,(H,29,31)/b21-13+. The number of amides is 1. The zero-order valence-corrected chi connectivity index (χ0v) is 20.1. The molecule has 0 saturated heterocycles. The first-order chi connectivity index (χ1) is 17.3. The number of ether oxygens (including phenoxy) is 3. The van der Waals surface area contributed by atoms with Gasteiger partial charge in [-0.05, 0) is 60.5 Å². The van der Waals surface area contributed by atoms with E-state index in [0.717, 1.165) is 5.56 Å². The van der Waals surface area contributed by atoms with Gasteiger partial charge in [-0.3, -0.25) is 14.9 Å². The van der Waals surface area contributed by atoms with E-state index in [9.17, 15) is 20.2 Å². The summed E-state index contributed by atoms with van der Waals surface area (Å²) in [4.78, 5) is 23.1. The number of nitrogens with zero attached hydrogens (tertiary/aromatic N) is 2. The summed E-state index contributed by atoms with van der Waals surface area (Å²) in [5.74, 6) is 1.25. The number of nitriles is 1. The molecule has 36 heavy (non-hydrogen) atoms.